The van der Waals surface area contributed by atoms with Crippen LogP contribution in [0.4, 0.5) is 0 Å². The topological polar surface area (TPSA) is 395 Å². The van der Waals surface area contributed by atoms with Gasteiger partial charge in [0, 0.05) is 139 Å². The minimum atomic E-state index is -2.95. The largest absolute Gasteiger partial charge is 0.465 e. The lowest BCUT2D eigenvalue weighted by atomic mass is 10.1. The van der Waals surface area contributed by atoms with Crippen LogP contribution in [0.5, 0.6) is 0 Å². The number of alkyl halides is 1. The van der Waals surface area contributed by atoms with Gasteiger partial charge in [0.25, 0.3) is 0 Å². The number of esters is 3. The first-order valence-corrected chi connectivity index (χ1v) is 70.3. The normalized spacial score (nSPS) is 21.1. The van der Waals surface area contributed by atoms with Crippen LogP contribution in [0.3, 0.4) is 0 Å². The number of allylic oxidation sites excluding steroid dienone is 6. The summed E-state index contributed by atoms with van der Waals surface area (Å²) in [6, 6.07) is 0. The second-order valence-corrected chi connectivity index (χ2v) is 64.3. The van der Waals surface area contributed by atoms with Gasteiger partial charge in [0.1, 0.15) is 32.1 Å². The fraction of sp³-hybridized carbons (Fsp3) is 0.916. The molecule has 6 aliphatic rings. The van der Waals surface area contributed by atoms with Crippen LogP contribution in [0.1, 0.15) is 384 Å². The summed E-state index contributed by atoms with van der Waals surface area (Å²) in [5.41, 5.74) is 0. The molecule has 0 radical (unpaired) electrons. The molecule has 8 atom stereocenters. The van der Waals surface area contributed by atoms with E-state index in [9.17, 15) is 37.2 Å². The molecule has 0 aromatic rings. The molecule has 6 fully saturated rings. The van der Waals surface area contributed by atoms with Gasteiger partial charge in [0.2, 0.25) is 29.5 Å². The highest BCUT2D eigenvalue weighted by Gasteiger charge is 2.40. The van der Waals surface area contributed by atoms with Crippen LogP contribution in [0, 0.1) is 35.5 Å². The number of halogens is 2. The number of hydrogen-bond acceptors (Lipinski definition) is 30. The predicted octanol–water partition coefficient (Wildman–Crippen LogP) is 31.7. The van der Waals surface area contributed by atoms with Gasteiger partial charge < -0.3 is 104 Å². The van der Waals surface area contributed by atoms with Crippen molar-refractivity contribution in [2.45, 2.75) is 415 Å². The number of hydrogen-bond donors (Lipinski definition) is 5. The summed E-state index contributed by atoms with van der Waals surface area (Å²) in [6.07, 6.45) is 63.5. The molecule has 0 bridgehead atoms. The molecule has 5 N–H and O–H groups in total. The molecule has 0 amide bonds. The Morgan fingerprint density at radius 1 is 0.370 bits per heavy atom. The van der Waals surface area contributed by atoms with Gasteiger partial charge in [-0.2, -0.15) is 0 Å². The van der Waals surface area contributed by atoms with Crippen molar-refractivity contribution in [1.29, 1.82) is 0 Å². The van der Waals surface area contributed by atoms with Crippen LogP contribution < -0.4 is 0 Å². The Bertz CT molecular complexity index is 2990. The summed E-state index contributed by atoms with van der Waals surface area (Å²) >= 11 is 5.87. The molecule has 0 aromatic carbocycles. The summed E-state index contributed by atoms with van der Waals surface area (Å²) in [6.45, 7) is 30.7. The van der Waals surface area contributed by atoms with E-state index in [2.05, 4.69) is 128 Å². The Kier molecular flexibility index (Phi) is 122. The first-order chi connectivity index (χ1) is 66.3. The second-order valence-electron chi connectivity index (χ2n) is 38.1. The SMILES string of the molecule is C.C.C.C.C.C.C.CC1(C)OCC(CI)CO1.CCCCCCCC/C=C\CCCCCCCC(=O)OCC1COP(=O)(CO)C1.CCCCCCCC/C=C\CCCCCCCC(=O)OCC1COP(=O)(CO)C1.CCCCCCCC/C=C\CCCCCCCC(=O)OCC1COP(=O)(CO)C1.CCOCC.COP(=O)(CC1COC(C)(C)OC1)OC.COP(OC)OC.C[Si](C)(C)Br.O=P1(CO)CC(CO)CO1. The number of ether oxygens (including phenoxy) is 8. The lowest BCUT2D eigenvalue weighted by Crippen LogP contribution is -2.40. The van der Waals surface area contributed by atoms with Crippen molar-refractivity contribution in [3.05, 3.63) is 36.5 Å². The van der Waals surface area contributed by atoms with Crippen LogP contribution in [0.15, 0.2) is 36.5 Å². The van der Waals surface area contributed by atoms with E-state index in [1.807, 2.05) is 41.5 Å². The third kappa shape index (κ3) is 103. The molecule has 884 valence electrons. The van der Waals surface area contributed by atoms with Crippen LogP contribution in [0.2, 0.25) is 19.6 Å². The van der Waals surface area contributed by atoms with Crippen LogP contribution in [-0.4, -0.2) is 250 Å². The van der Waals surface area contributed by atoms with Crippen LogP contribution in [-0.2, 0) is 116 Å². The Morgan fingerprint density at radius 3 is 0.774 bits per heavy atom. The zero-order valence-corrected chi connectivity index (χ0v) is 99.6. The molecule has 0 spiro atoms. The number of aliphatic hydroxyl groups excluding tert-OH is 5. The molecule has 30 nitrogen and oxygen atoms in total. The van der Waals surface area contributed by atoms with Gasteiger partial charge in [-0.05, 0) is 138 Å². The number of carbonyl (C=O) groups excluding carboxylic acids is 3. The van der Waals surface area contributed by atoms with Crippen molar-refractivity contribution in [2.24, 2.45) is 35.5 Å². The molecule has 6 heterocycles. The smallest absolute Gasteiger partial charge is 0.331 e. The van der Waals surface area contributed by atoms with Crippen LogP contribution in [0.25, 0.3) is 0 Å². The molecular formula is C107H228BrIO30P6Si. The zero-order chi connectivity index (χ0) is 105. The van der Waals surface area contributed by atoms with E-state index in [-0.39, 0.29) is 132 Å². The molecule has 39 heteroatoms. The van der Waals surface area contributed by atoms with E-state index in [4.69, 9.17) is 90.6 Å². The molecule has 6 rings (SSSR count). The lowest BCUT2D eigenvalue weighted by Gasteiger charge is -2.35. The summed E-state index contributed by atoms with van der Waals surface area (Å²) in [5, 5.41) is 44.2. The van der Waals surface area contributed by atoms with Crippen molar-refractivity contribution in [3.63, 3.8) is 0 Å². The third-order valence-electron chi connectivity index (χ3n) is 22.6. The quantitative estimate of drug-likeness (QED) is 0.00434. The summed E-state index contributed by atoms with van der Waals surface area (Å²) in [7, 11) is -7.92. The van der Waals surface area contributed by atoms with Crippen molar-refractivity contribution in [3.8, 4) is 0 Å². The fourth-order valence-corrected chi connectivity index (χ4v) is 23.6. The number of rotatable bonds is 66. The van der Waals surface area contributed by atoms with E-state index in [1.165, 1.54) is 207 Å². The lowest BCUT2D eigenvalue weighted by molar-refractivity contribution is -0.259. The minimum absolute atomic E-state index is 0. The Labute approximate surface area is 918 Å². The highest BCUT2D eigenvalue weighted by molar-refractivity contribution is 14.1. The standard InChI is InChI=1S/3C23H43O5P.C9H19O5P.C7H13IO2.C5H11O4P.C4H10O.C3H9BrSi.C3H9O3P.7CH4/c3*1-2-3-4-5-6-7-8-9-10-11-12-13-14-15-16-17-23(25)27-18-22-19-28-29(26,20-22)21-24;1-9(2)13-5-8(6-14-9)7-15(10,11-3)12-4;1-7(2)9-4-6(3-8)5-10-7;6-1-5-2-9-10(8,3-5)4-7;1-3-5-4-2;1-5(2,3)4;1-4-7(5-2)6-3;;;;;;;/h3*9-10,22,24H,2-8,11-21H2,1H3;8H,5-7H2,1-4H3;6H,3-5H2,1-2H3;5-7H,1-4H2;3-4H2,1-2H3;1-3H3;1-3H3;7*1H4/b3*10-9-;;;;;;;;;;;;;. The van der Waals surface area contributed by atoms with Crippen molar-refractivity contribution < 1.29 is 141 Å². The summed E-state index contributed by atoms with van der Waals surface area (Å²) in [5.74, 6) is -0.989. The maximum Gasteiger partial charge on any atom is 0.331 e. The molecule has 6 saturated heterocycles. The van der Waals surface area contributed by atoms with Crippen molar-refractivity contribution in [2.75, 3.05) is 189 Å². The average Bonchev–Trinajstić information content (AvgIpc) is 1.79. The van der Waals surface area contributed by atoms with Gasteiger partial charge in [-0.25, -0.2) is 0 Å². The summed E-state index contributed by atoms with van der Waals surface area (Å²) in [4.78, 5) is 35.3. The molecule has 0 saturated carbocycles. The number of carbonyl (C=O) groups is 3. The van der Waals surface area contributed by atoms with Gasteiger partial charge in [-0.15, -0.1) is 15.3 Å². The van der Waals surface area contributed by atoms with E-state index in [0.717, 1.165) is 88.6 Å². The van der Waals surface area contributed by atoms with E-state index < -0.39 is 83.5 Å². The molecule has 0 aromatic heterocycles. The maximum absolute atomic E-state index is 11.8. The second kappa shape index (κ2) is 108. The van der Waals surface area contributed by atoms with E-state index in [1.54, 1.807) is 21.3 Å². The minimum Gasteiger partial charge on any atom is -0.465 e. The average molecular weight is 2420 g/mol. The Hall–Kier alpha value is -0.123. The molecule has 0 aliphatic carbocycles. The Morgan fingerprint density at radius 2 is 0.589 bits per heavy atom. The third-order valence-corrected chi connectivity index (χ3v) is 35.3. The molecule has 146 heavy (non-hydrogen) atoms. The Balaban J connectivity index is -0.000000188. The van der Waals surface area contributed by atoms with Crippen molar-refractivity contribution >= 4 is 108 Å². The van der Waals surface area contributed by atoms with Gasteiger partial charge in [0.15, 0.2) is 11.6 Å². The van der Waals surface area contributed by atoms with Gasteiger partial charge in [0.05, 0.1) is 78.8 Å². The summed E-state index contributed by atoms with van der Waals surface area (Å²) < 4.78 is 146. The van der Waals surface area contributed by atoms with E-state index >= 15 is 0 Å². The highest BCUT2D eigenvalue weighted by Crippen LogP contribution is 2.56. The maximum atomic E-state index is 11.8. The number of unbranched alkanes of at least 4 members (excludes halogenated alkanes) is 33. The monoisotopic (exact) mass is 2410 g/mol. The first kappa shape index (κ1) is 166. The molecular weight excluding hydrogens is 2190 g/mol. The fourth-order valence-electron chi connectivity index (χ4n) is 14.3. The predicted molar refractivity (Wildman–Crippen MR) is 628 cm³/mol. The van der Waals surface area contributed by atoms with Gasteiger partial charge in [-0.3, -0.25) is 37.2 Å². The van der Waals surface area contributed by atoms with Gasteiger partial charge >= 0.3 is 34.1 Å². The highest BCUT2D eigenvalue weighted by atomic mass is 127. The van der Waals surface area contributed by atoms with Crippen LogP contribution >= 0.6 is 83.6 Å². The zero-order valence-electron chi connectivity index (χ0n) is 89.5. The number of aliphatic hydroxyl groups is 5. The molecule has 6 aliphatic heterocycles. The molecule has 8 unspecified atom stereocenters. The van der Waals surface area contributed by atoms with Gasteiger partial charge in [-0.1, -0.05) is 306 Å². The first-order valence-electron chi connectivity index (χ1n) is 52.2. The van der Waals surface area contributed by atoms with E-state index in [0.29, 0.717) is 95.6 Å². The van der Waals surface area contributed by atoms with Crippen molar-refractivity contribution in [1.82, 2.24) is 0 Å².